The van der Waals surface area contributed by atoms with Crippen LogP contribution in [0.5, 0.6) is 0 Å². The Balaban J connectivity index is 1.25. The van der Waals surface area contributed by atoms with E-state index in [4.69, 9.17) is 19.6 Å². The lowest BCUT2D eigenvalue weighted by Crippen LogP contribution is -2.60. The lowest BCUT2D eigenvalue weighted by Gasteiger charge is -2.59. The molecule has 0 radical (unpaired) electrons. The average molecular weight is 419 g/mol. The van der Waals surface area contributed by atoms with Crippen molar-refractivity contribution in [3.05, 3.63) is 11.6 Å². The Morgan fingerprint density at radius 3 is 2.33 bits per heavy atom. The molecule has 30 heavy (non-hydrogen) atoms. The van der Waals surface area contributed by atoms with E-state index in [-0.39, 0.29) is 16.9 Å². The van der Waals surface area contributed by atoms with E-state index >= 15 is 0 Å². The smallest absolute Gasteiger partial charge is 0.239 e. The SMILES string of the molecule is CC12CCC(O)CC1=CCC1C2CCC2(C)C1CCC21OOC2(CCCCC2)OO1. The van der Waals surface area contributed by atoms with Gasteiger partial charge < -0.3 is 5.11 Å². The van der Waals surface area contributed by atoms with Gasteiger partial charge in [-0.3, -0.25) is 0 Å². The molecule has 2 spiro atoms. The summed E-state index contributed by atoms with van der Waals surface area (Å²) in [4.78, 5) is 24.5. The average Bonchev–Trinajstić information content (AvgIpc) is 3.04. The van der Waals surface area contributed by atoms with Gasteiger partial charge in [-0.05, 0) is 81.0 Å². The third-order valence-corrected chi connectivity index (χ3v) is 10.4. The van der Waals surface area contributed by atoms with E-state index in [0.717, 1.165) is 70.6 Å². The Morgan fingerprint density at radius 2 is 1.57 bits per heavy atom. The predicted octanol–water partition coefficient (Wildman–Crippen LogP) is 5.58. The van der Waals surface area contributed by atoms with Crippen LogP contribution in [-0.2, 0) is 19.6 Å². The zero-order valence-electron chi connectivity index (χ0n) is 18.7. The number of rotatable bonds is 0. The van der Waals surface area contributed by atoms with Crippen LogP contribution in [0.1, 0.15) is 97.3 Å². The Hall–Kier alpha value is -0.460. The van der Waals surface area contributed by atoms with Crippen LogP contribution in [0.15, 0.2) is 11.6 Å². The molecule has 5 heteroatoms. The standard InChI is InChI=1S/C25H38O5/c1-22-13-8-18(26)16-17(22)6-7-19-20(22)9-14-23(2)21(19)10-15-25(23)29-27-24(28-30-25)11-4-3-5-12-24/h6,18-21,26H,3-5,7-16H2,1-2H3. The summed E-state index contributed by atoms with van der Waals surface area (Å²) < 4.78 is 0. The highest BCUT2D eigenvalue weighted by atomic mass is 17.4. The van der Waals surface area contributed by atoms with Crippen molar-refractivity contribution in [1.82, 2.24) is 0 Å². The van der Waals surface area contributed by atoms with Gasteiger partial charge in [0.25, 0.3) is 0 Å². The minimum absolute atomic E-state index is 0.0830. The van der Waals surface area contributed by atoms with E-state index in [1.807, 2.05) is 0 Å². The van der Waals surface area contributed by atoms with Crippen molar-refractivity contribution in [2.45, 2.75) is 115 Å². The minimum atomic E-state index is -0.765. The number of aliphatic hydroxyl groups is 1. The molecule has 168 valence electrons. The Labute approximate surface area is 180 Å². The van der Waals surface area contributed by atoms with Gasteiger partial charge in [0.05, 0.1) is 6.10 Å². The largest absolute Gasteiger partial charge is 0.393 e. The molecule has 5 nitrogen and oxygen atoms in total. The van der Waals surface area contributed by atoms with Crippen molar-refractivity contribution >= 4 is 0 Å². The van der Waals surface area contributed by atoms with Crippen LogP contribution in [0.4, 0.5) is 0 Å². The zero-order valence-corrected chi connectivity index (χ0v) is 18.7. The lowest BCUT2D eigenvalue weighted by atomic mass is 9.47. The van der Waals surface area contributed by atoms with Gasteiger partial charge in [-0.2, -0.15) is 19.6 Å². The van der Waals surface area contributed by atoms with Crippen LogP contribution in [0.3, 0.4) is 0 Å². The molecule has 0 amide bonds. The summed E-state index contributed by atoms with van der Waals surface area (Å²) in [7, 11) is 0. The molecule has 1 aliphatic heterocycles. The van der Waals surface area contributed by atoms with E-state index in [1.54, 1.807) is 0 Å². The normalized spacial score (nSPS) is 49.2. The number of fused-ring (bicyclic) bond motifs is 6. The molecule has 5 fully saturated rings. The zero-order chi connectivity index (χ0) is 20.6. The van der Waals surface area contributed by atoms with Gasteiger partial charge in [-0.15, -0.1) is 0 Å². The van der Waals surface area contributed by atoms with Gasteiger partial charge >= 0.3 is 0 Å². The first-order valence-electron chi connectivity index (χ1n) is 12.5. The molecule has 6 rings (SSSR count). The Kier molecular flexibility index (Phi) is 4.55. The topological polar surface area (TPSA) is 57.2 Å². The van der Waals surface area contributed by atoms with Gasteiger partial charge in [0.2, 0.25) is 11.6 Å². The van der Waals surface area contributed by atoms with E-state index in [9.17, 15) is 5.11 Å². The summed E-state index contributed by atoms with van der Waals surface area (Å²) in [5.74, 6) is 0.469. The minimum Gasteiger partial charge on any atom is -0.393 e. The number of hydrogen-bond donors (Lipinski definition) is 1. The van der Waals surface area contributed by atoms with E-state index in [1.165, 1.54) is 18.4 Å². The lowest BCUT2D eigenvalue weighted by molar-refractivity contribution is -0.672. The third kappa shape index (κ3) is 2.65. The van der Waals surface area contributed by atoms with Crippen LogP contribution in [0.25, 0.3) is 0 Å². The molecule has 1 N–H and O–H groups in total. The van der Waals surface area contributed by atoms with Gasteiger partial charge in [0.1, 0.15) is 0 Å². The molecule has 4 saturated carbocycles. The van der Waals surface area contributed by atoms with Crippen molar-refractivity contribution < 1.29 is 24.7 Å². The highest BCUT2D eigenvalue weighted by molar-refractivity contribution is 5.25. The first-order chi connectivity index (χ1) is 14.4. The van der Waals surface area contributed by atoms with Crippen molar-refractivity contribution in [3.63, 3.8) is 0 Å². The van der Waals surface area contributed by atoms with Crippen LogP contribution in [0, 0.1) is 28.6 Å². The molecule has 6 atom stereocenters. The van der Waals surface area contributed by atoms with E-state index in [2.05, 4.69) is 19.9 Å². The van der Waals surface area contributed by atoms with Crippen molar-refractivity contribution in [2.75, 3.05) is 0 Å². The maximum absolute atomic E-state index is 10.2. The summed E-state index contributed by atoms with van der Waals surface area (Å²) in [5.41, 5.74) is 1.70. The summed E-state index contributed by atoms with van der Waals surface area (Å²) in [6.07, 6.45) is 15.8. The molecule has 1 saturated heterocycles. The van der Waals surface area contributed by atoms with Gasteiger partial charge in [0.15, 0.2) is 0 Å². The summed E-state index contributed by atoms with van der Waals surface area (Å²) in [6, 6.07) is 0. The summed E-state index contributed by atoms with van der Waals surface area (Å²) >= 11 is 0. The summed E-state index contributed by atoms with van der Waals surface area (Å²) in [6.45, 7) is 4.83. The van der Waals surface area contributed by atoms with E-state index in [0.29, 0.717) is 17.8 Å². The van der Waals surface area contributed by atoms with E-state index < -0.39 is 11.6 Å². The number of aliphatic hydroxyl groups excluding tert-OH is 1. The maximum Gasteiger partial charge on any atom is 0.239 e. The molecule has 0 bridgehead atoms. The van der Waals surface area contributed by atoms with Crippen molar-refractivity contribution in [2.24, 2.45) is 28.6 Å². The third-order valence-electron chi connectivity index (χ3n) is 10.4. The predicted molar refractivity (Wildman–Crippen MR) is 111 cm³/mol. The van der Waals surface area contributed by atoms with Crippen molar-refractivity contribution in [1.29, 1.82) is 0 Å². The first-order valence-corrected chi connectivity index (χ1v) is 12.5. The second-order valence-corrected chi connectivity index (χ2v) is 11.7. The summed E-state index contributed by atoms with van der Waals surface area (Å²) in [5, 5.41) is 10.2. The van der Waals surface area contributed by atoms with Crippen LogP contribution in [0.2, 0.25) is 0 Å². The number of hydrogen-bond acceptors (Lipinski definition) is 5. The molecule has 0 aromatic heterocycles. The molecule has 5 aliphatic carbocycles. The monoisotopic (exact) mass is 418 g/mol. The van der Waals surface area contributed by atoms with Crippen LogP contribution >= 0.6 is 0 Å². The van der Waals surface area contributed by atoms with Crippen LogP contribution in [-0.4, -0.2) is 22.8 Å². The Bertz CT molecular complexity index is 717. The second-order valence-electron chi connectivity index (χ2n) is 11.7. The van der Waals surface area contributed by atoms with Crippen molar-refractivity contribution in [3.8, 4) is 0 Å². The van der Waals surface area contributed by atoms with Crippen LogP contribution < -0.4 is 0 Å². The van der Waals surface area contributed by atoms with Gasteiger partial charge in [0, 0.05) is 24.7 Å². The fraction of sp³-hybridized carbons (Fsp3) is 0.920. The van der Waals surface area contributed by atoms with Gasteiger partial charge in [-0.1, -0.05) is 31.9 Å². The quantitative estimate of drug-likeness (QED) is 0.411. The molecule has 6 aliphatic rings. The molecule has 6 unspecified atom stereocenters. The van der Waals surface area contributed by atoms with Gasteiger partial charge in [-0.25, -0.2) is 0 Å². The fourth-order valence-electron chi connectivity index (χ4n) is 8.44. The number of allylic oxidation sites excluding steroid dienone is 1. The maximum atomic E-state index is 10.2. The highest BCUT2D eigenvalue weighted by Crippen LogP contribution is 2.69. The first kappa shape index (κ1) is 20.2. The Morgan fingerprint density at radius 1 is 0.833 bits per heavy atom. The molecular weight excluding hydrogens is 380 g/mol. The molecular formula is C25H38O5. The molecule has 0 aromatic rings. The molecule has 0 aromatic carbocycles. The fourth-order valence-corrected chi connectivity index (χ4v) is 8.44. The highest BCUT2D eigenvalue weighted by Gasteiger charge is 2.69. The second kappa shape index (κ2) is 6.77. The molecule has 1 heterocycles.